The first-order valence-electron chi connectivity index (χ1n) is 9.40. The van der Waals surface area contributed by atoms with E-state index in [1.54, 1.807) is 0 Å². The number of aliphatic imine (C=N–C) groups is 1. The van der Waals surface area contributed by atoms with Crippen LogP contribution in [0.5, 0.6) is 0 Å². The summed E-state index contributed by atoms with van der Waals surface area (Å²) >= 11 is 0. The molecule has 1 saturated heterocycles. The normalized spacial score (nSPS) is 28.8. The fraction of sp³-hybridized carbons (Fsp3) is 0.650. The van der Waals surface area contributed by atoms with Crippen molar-refractivity contribution in [1.82, 2.24) is 10.6 Å². The zero-order chi connectivity index (χ0) is 16.9. The molecule has 0 amide bonds. The molecule has 140 valence electrons. The summed E-state index contributed by atoms with van der Waals surface area (Å²) in [6.45, 7) is 9.09. The second kappa shape index (κ2) is 9.76. The largest absolute Gasteiger partial charge is 0.373 e. The van der Waals surface area contributed by atoms with Crippen LogP contribution in [-0.4, -0.2) is 31.7 Å². The molecule has 2 aliphatic rings. The third-order valence-electron chi connectivity index (χ3n) is 5.11. The van der Waals surface area contributed by atoms with Crippen molar-refractivity contribution in [2.24, 2.45) is 16.8 Å². The van der Waals surface area contributed by atoms with E-state index >= 15 is 0 Å². The van der Waals surface area contributed by atoms with Crippen molar-refractivity contribution in [2.75, 3.05) is 19.7 Å². The zero-order valence-corrected chi connectivity index (χ0v) is 18.0. The van der Waals surface area contributed by atoms with Crippen LogP contribution in [0.1, 0.15) is 50.3 Å². The molecule has 1 aromatic rings. The highest BCUT2D eigenvalue weighted by molar-refractivity contribution is 14.0. The molecular weight excluding hydrogens is 425 g/mol. The number of halogens is 1. The highest BCUT2D eigenvalue weighted by atomic mass is 127. The smallest absolute Gasteiger partial charge is 0.191 e. The van der Waals surface area contributed by atoms with E-state index in [0.29, 0.717) is 12.0 Å². The van der Waals surface area contributed by atoms with Gasteiger partial charge in [0.25, 0.3) is 0 Å². The first-order chi connectivity index (χ1) is 11.7. The maximum Gasteiger partial charge on any atom is 0.191 e. The van der Waals surface area contributed by atoms with Crippen LogP contribution >= 0.6 is 24.0 Å². The zero-order valence-electron chi connectivity index (χ0n) is 15.6. The van der Waals surface area contributed by atoms with E-state index in [-0.39, 0.29) is 30.1 Å². The standard InChI is InChI=1S/C20H31N3O.HI/c1-4-21-20(23-18-12-15(18)3)22-13-17-6-5-11-24-19(17)16-9-7-14(2)8-10-16;/h7-10,15,17-19H,4-6,11-13H2,1-3H3,(H2,21,22,23);1H. The molecule has 4 nitrogen and oxygen atoms in total. The van der Waals surface area contributed by atoms with Crippen LogP contribution in [0.2, 0.25) is 0 Å². The number of guanidine groups is 1. The molecule has 1 saturated carbocycles. The van der Waals surface area contributed by atoms with E-state index in [2.05, 4.69) is 55.7 Å². The van der Waals surface area contributed by atoms with Gasteiger partial charge in [-0.1, -0.05) is 36.8 Å². The Hall–Kier alpha value is -0.820. The quantitative estimate of drug-likeness (QED) is 0.399. The van der Waals surface area contributed by atoms with Gasteiger partial charge in [0.15, 0.2) is 5.96 Å². The Morgan fingerprint density at radius 3 is 2.64 bits per heavy atom. The van der Waals surface area contributed by atoms with Crippen LogP contribution in [0.4, 0.5) is 0 Å². The van der Waals surface area contributed by atoms with Crippen LogP contribution in [0.25, 0.3) is 0 Å². The van der Waals surface area contributed by atoms with Crippen molar-refractivity contribution in [2.45, 2.75) is 52.2 Å². The van der Waals surface area contributed by atoms with Gasteiger partial charge < -0.3 is 15.4 Å². The molecular formula is C20H32IN3O. The third kappa shape index (κ3) is 5.84. The van der Waals surface area contributed by atoms with Gasteiger partial charge in [-0.2, -0.15) is 0 Å². The van der Waals surface area contributed by atoms with Crippen LogP contribution < -0.4 is 10.6 Å². The molecule has 1 aliphatic heterocycles. The van der Waals surface area contributed by atoms with E-state index in [9.17, 15) is 0 Å². The topological polar surface area (TPSA) is 45.7 Å². The number of hydrogen-bond acceptors (Lipinski definition) is 2. The third-order valence-corrected chi connectivity index (χ3v) is 5.11. The van der Waals surface area contributed by atoms with Gasteiger partial charge in [-0.3, -0.25) is 4.99 Å². The number of aryl methyl sites for hydroxylation is 1. The molecule has 25 heavy (non-hydrogen) atoms. The average molecular weight is 457 g/mol. The SMILES string of the molecule is CCNC(=NCC1CCCOC1c1ccc(C)cc1)NC1CC1C.I. The van der Waals surface area contributed by atoms with Crippen molar-refractivity contribution in [1.29, 1.82) is 0 Å². The van der Waals surface area contributed by atoms with Gasteiger partial charge >= 0.3 is 0 Å². The van der Waals surface area contributed by atoms with Crippen molar-refractivity contribution in [3.05, 3.63) is 35.4 Å². The second-order valence-corrected chi connectivity index (χ2v) is 7.29. The summed E-state index contributed by atoms with van der Waals surface area (Å²) < 4.78 is 6.11. The Morgan fingerprint density at radius 1 is 1.28 bits per heavy atom. The number of ether oxygens (including phenoxy) is 1. The molecule has 2 N–H and O–H groups in total. The maximum absolute atomic E-state index is 6.11. The molecule has 0 spiro atoms. The lowest BCUT2D eigenvalue weighted by Crippen LogP contribution is -2.39. The summed E-state index contributed by atoms with van der Waals surface area (Å²) in [7, 11) is 0. The molecule has 3 rings (SSSR count). The van der Waals surface area contributed by atoms with E-state index in [4.69, 9.17) is 9.73 Å². The molecule has 1 aromatic carbocycles. The summed E-state index contributed by atoms with van der Waals surface area (Å²) in [5.41, 5.74) is 2.58. The van der Waals surface area contributed by atoms with Crippen molar-refractivity contribution < 1.29 is 4.74 Å². The molecule has 1 aliphatic carbocycles. The molecule has 4 unspecified atom stereocenters. The Kier molecular flexibility index (Phi) is 8.00. The summed E-state index contributed by atoms with van der Waals surface area (Å²) in [5, 5.41) is 6.92. The number of nitrogens with one attached hydrogen (secondary N) is 2. The number of benzene rings is 1. The lowest BCUT2D eigenvalue weighted by Gasteiger charge is -2.31. The first-order valence-corrected chi connectivity index (χ1v) is 9.40. The predicted octanol–water partition coefficient (Wildman–Crippen LogP) is 4.04. The van der Waals surface area contributed by atoms with Crippen LogP contribution in [0, 0.1) is 18.8 Å². The van der Waals surface area contributed by atoms with Crippen molar-refractivity contribution in [3.8, 4) is 0 Å². The van der Waals surface area contributed by atoms with Gasteiger partial charge in [0.05, 0.1) is 6.10 Å². The molecule has 0 bridgehead atoms. The van der Waals surface area contributed by atoms with E-state index in [1.165, 1.54) is 24.0 Å². The van der Waals surface area contributed by atoms with E-state index < -0.39 is 0 Å². The Morgan fingerprint density at radius 2 is 2.00 bits per heavy atom. The van der Waals surface area contributed by atoms with Crippen LogP contribution in [0.3, 0.4) is 0 Å². The van der Waals surface area contributed by atoms with Gasteiger partial charge in [-0.05, 0) is 44.6 Å². The molecule has 0 aromatic heterocycles. The van der Waals surface area contributed by atoms with E-state index in [0.717, 1.165) is 38.0 Å². The van der Waals surface area contributed by atoms with Crippen molar-refractivity contribution in [3.63, 3.8) is 0 Å². The molecule has 2 fully saturated rings. The monoisotopic (exact) mass is 457 g/mol. The summed E-state index contributed by atoms with van der Waals surface area (Å²) in [4.78, 5) is 4.86. The average Bonchev–Trinajstić information content (AvgIpc) is 3.29. The van der Waals surface area contributed by atoms with Gasteiger partial charge in [0.2, 0.25) is 0 Å². The lowest BCUT2D eigenvalue weighted by atomic mass is 9.89. The fourth-order valence-corrected chi connectivity index (χ4v) is 3.38. The Labute approximate surface area is 169 Å². The first kappa shape index (κ1) is 20.5. The minimum absolute atomic E-state index is 0. The molecule has 4 atom stereocenters. The number of rotatable bonds is 5. The van der Waals surface area contributed by atoms with Crippen LogP contribution in [0.15, 0.2) is 29.3 Å². The summed E-state index contributed by atoms with van der Waals surface area (Å²) in [5.74, 6) is 2.18. The lowest BCUT2D eigenvalue weighted by molar-refractivity contribution is -0.0250. The van der Waals surface area contributed by atoms with Crippen LogP contribution in [-0.2, 0) is 4.74 Å². The minimum atomic E-state index is 0. The summed E-state index contributed by atoms with van der Waals surface area (Å²) in [6, 6.07) is 9.36. The van der Waals surface area contributed by atoms with Gasteiger partial charge in [-0.15, -0.1) is 24.0 Å². The number of nitrogens with zero attached hydrogens (tertiary/aromatic N) is 1. The molecule has 1 heterocycles. The predicted molar refractivity (Wildman–Crippen MR) is 115 cm³/mol. The van der Waals surface area contributed by atoms with Crippen molar-refractivity contribution >= 4 is 29.9 Å². The minimum Gasteiger partial charge on any atom is -0.373 e. The highest BCUT2D eigenvalue weighted by Crippen LogP contribution is 2.34. The number of hydrogen-bond donors (Lipinski definition) is 2. The Balaban J connectivity index is 0.00000225. The van der Waals surface area contributed by atoms with Gasteiger partial charge in [0, 0.05) is 31.7 Å². The molecule has 0 radical (unpaired) electrons. The maximum atomic E-state index is 6.11. The fourth-order valence-electron chi connectivity index (χ4n) is 3.38. The van der Waals surface area contributed by atoms with Gasteiger partial charge in [0.1, 0.15) is 0 Å². The van der Waals surface area contributed by atoms with E-state index in [1.807, 2.05) is 0 Å². The summed E-state index contributed by atoms with van der Waals surface area (Å²) in [6.07, 6.45) is 3.74. The van der Waals surface area contributed by atoms with Gasteiger partial charge in [-0.25, -0.2) is 0 Å². The highest BCUT2D eigenvalue weighted by Gasteiger charge is 2.33. The molecule has 5 heteroatoms. The Bertz CT molecular complexity index is 561. The second-order valence-electron chi connectivity index (χ2n) is 7.29.